The zero-order valence-corrected chi connectivity index (χ0v) is 11.4. The highest BCUT2D eigenvalue weighted by molar-refractivity contribution is 4.97. The third-order valence-corrected chi connectivity index (χ3v) is 5.44. The Balaban J connectivity index is 1.56. The lowest BCUT2D eigenvalue weighted by Crippen LogP contribution is -2.54. The highest BCUT2D eigenvalue weighted by Gasteiger charge is 2.40. The average Bonchev–Trinajstić information content (AvgIpc) is 2.61. The van der Waals surface area contributed by atoms with E-state index in [1.165, 1.54) is 58.4 Å². The molecular formula is C14H27N3. The molecule has 3 saturated heterocycles. The first-order valence-corrected chi connectivity index (χ1v) is 7.46. The highest BCUT2D eigenvalue weighted by Crippen LogP contribution is 2.36. The summed E-state index contributed by atoms with van der Waals surface area (Å²) in [5.74, 6) is 0. The Morgan fingerprint density at radius 1 is 0.882 bits per heavy atom. The largest absolute Gasteiger partial charge is 0.301 e. The van der Waals surface area contributed by atoms with Crippen LogP contribution >= 0.6 is 0 Å². The van der Waals surface area contributed by atoms with E-state index < -0.39 is 0 Å². The van der Waals surface area contributed by atoms with Crippen molar-refractivity contribution in [1.29, 1.82) is 0 Å². The monoisotopic (exact) mass is 237 g/mol. The minimum absolute atomic E-state index is 0.891. The van der Waals surface area contributed by atoms with E-state index in [-0.39, 0.29) is 0 Å². The molecule has 98 valence electrons. The first-order chi connectivity index (χ1) is 8.28. The molecule has 3 fully saturated rings. The number of hydrogen-bond acceptors (Lipinski definition) is 3. The summed E-state index contributed by atoms with van der Waals surface area (Å²) in [4.78, 5) is 8.02. The van der Waals surface area contributed by atoms with Gasteiger partial charge in [0.25, 0.3) is 0 Å². The normalized spacial score (nSPS) is 40.9. The van der Waals surface area contributed by atoms with E-state index in [1.807, 2.05) is 0 Å². The van der Waals surface area contributed by atoms with Gasteiger partial charge in [0, 0.05) is 44.3 Å². The fourth-order valence-corrected chi connectivity index (χ4v) is 4.13. The maximum atomic E-state index is 2.78. The topological polar surface area (TPSA) is 9.72 Å². The van der Waals surface area contributed by atoms with Crippen molar-refractivity contribution in [3.8, 4) is 0 Å². The molecule has 3 aliphatic rings. The van der Waals surface area contributed by atoms with Crippen LogP contribution in [0.3, 0.4) is 0 Å². The van der Waals surface area contributed by atoms with Gasteiger partial charge in [-0.05, 0) is 39.3 Å². The molecule has 0 aliphatic carbocycles. The van der Waals surface area contributed by atoms with Gasteiger partial charge >= 0.3 is 0 Å². The summed E-state index contributed by atoms with van der Waals surface area (Å²) < 4.78 is 0. The van der Waals surface area contributed by atoms with Crippen LogP contribution in [0.2, 0.25) is 0 Å². The number of piperidine rings is 1. The molecule has 17 heavy (non-hydrogen) atoms. The van der Waals surface area contributed by atoms with E-state index in [4.69, 9.17) is 0 Å². The summed E-state index contributed by atoms with van der Waals surface area (Å²) in [6.07, 6.45) is 5.76. The van der Waals surface area contributed by atoms with E-state index in [0.717, 1.165) is 18.1 Å². The van der Waals surface area contributed by atoms with Gasteiger partial charge in [0.2, 0.25) is 0 Å². The van der Waals surface area contributed by atoms with Gasteiger partial charge in [0.05, 0.1) is 0 Å². The second-order valence-electron chi connectivity index (χ2n) is 6.15. The Labute approximate surface area is 106 Å². The lowest BCUT2D eigenvalue weighted by Gasteiger charge is -2.44. The SMILES string of the molecule is CCN1CCN(C2CC3CCC(C2)N3C)CC1. The molecule has 0 aromatic heterocycles. The third-order valence-electron chi connectivity index (χ3n) is 5.44. The van der Waals surface area contributed by atoms with Crippen LogP contribution in [0.15, 0.2) is 0 Å². The molecule has 0 saturated carbocycles. The maximum Gasteiger partial charge on any atom is 0.0126 e. The predicted molar refractivity (Wildman–Crippen MR) is 71.3 cm³/mol. The van der Waals surface area contributed by atoms with Crippen LogP contribution in [0, 0.1) is 0 Å². The Morgan fingerprint density at radius 2 is 1.47 bits per heavy atom. The lowest BCUT2D eigenvalue weighted by atomic mass is 9.96. The lowest BCUT2D eigenvalue weighted by molar-refractivity contribution is 0.0413. The van der Waals surface area contributed by atoms with E-state index in [0.29, 0.717) is 0 Å². The van der Waals surface area contributed by atoms with Crippen LogP contribution in [0.5, 0.6) is 0 Å². The number of fused-ring (bicyclic) bond motifs is 2. The van der Waals surface area contributed by atoms with Gasteiger partial charge in [-0.15, -0.1) is 0 Å². The van der Waals surface area contributed by atoms with Crippen molar-refractivity contribution >= 4 is 0 Å². The quantitative estimate of drug-likeness (QED) is 0.716. The van der Waals surface area contributed by atoms with Gasteiger partial charge in [-0.1, -0.05) is 6.92 Å². The zero-order valence-electron chi connectivity index (χ0n) is 11.4. The Bertz CT molecular complexity index is 246. The number of hydrogen-bond donors (Lipinski definition) is 0. The second-order valence-corrected chi connectivity index (χ2v) is 6.15. The molecule has 2 atom stereocenters. The van der Waals surface area contributed by atoms with Gasteiger partial charge in [-0.25, -0.2) is 0 Å². The predicted octanol–water partition coefficient (Wildman–Crippen LogP) is 1.25. The molecule has 0 N–H and O–H groups in total. The van der Waals surface area contributed by atoms with Crippen molar-refractivity contribution in [3.63, 3.8) is 0 Å². The number of piperazine rings is 1. The van der Waals surface area contributed by atoms with Gasteiger partial charge in [0.1, 0.15) is 0 Å². The summed E-state index contributed by atoms with van der Waals surface area (Å²) >= 11 is 0. The molecule has 3 rings (SSSR count). The summed E-state index contributed by atoms with van der Waals surface area (Å²) in [5.41, 5.74) is 0. The molecule has 0 aromatic carbocycles. The summed E-state index contributed by atoms with van der Waals surface area (Å²) in [6, 6.07) is 2.67. The molecule has 0 aromatic rings. The zero-order chi connectivity index (χ0) is 11.8. The molecule has 3 heteroatoms. The van der Waals surface area contributed by atoms with Crippen LogP contribution in [0.1, 0.15) is 32.6 Å². The van der Waals surface area contributed by atoms with Crippen LogP contribution in [-0.4, -0.2) is 72.6 Å². The second kappa shape index (κ2) is 4.87. The van der Waals surface area contributed by atoms with E-state index in [9.17, 15) is 0 Å². The van der Waals surface area contributed by atoms with Crippen molar-refractivity contribution in [1.82, 2.24) is 14.7 Å². The smallest absolute Gasteiger partial charge is 0.0126 e. The maximum absolute atomic E-state index is 2.78. The summed E-state index contributed by atoms with van der Waals surface area (Å²) in [5, 5.41) is 0. The van der Waals surface area contributed by atoms with Crippen molar-refractivity contribution < 1.29 is 0 Å². The van der Waals surface area contributed by atoms with Crippen molar-refractivity contribution in [2.24, 2.45) is 0 Å². The van der Waals surface area contributed by atoms with Crippen LogP contribution in [0.4, 0.5) is 0 Å². The van der Waals surface area contributed by atoms with Crippen molar-refractivity contribution in [2.45, 2.75) is 50.7 Å². The minimum atomic E-state index is 0.891. The number of rotatable bonds is 2. The van der Waals surface area contributed by atoms with Gasteiger partial charge in [-0.3, -0.25) is 4.90 Å². The molecule has 2 bridgehead atoms. The van der Waals surface area contributed by atoms with Crippen LogP contribution in [0.25, 0.3) is 0 Å². The highest BCUT2D eigenvalue weighted by atomic mass is 15.3. The van der Waals surface area contributed by atoms with Gasteiger partial charge in [0.15, 0.2) is 0 Å². The molecule has 3 aliphatic heterocycles. The summed E-state index contributed by atoms with van der Waals surface area (Å²) in [7, 11) is 2.34. The average molecular weight is 237 g/mol. The molecule has 2 unspecified atom stereocenters. The number of nitrogens with zero attached hydrogens (tertiary/aromatic N) is 3. The molecule has 0 amide bonds. The molecule has 3 heterocycles. The van der Waals surface area contributed by atoms with E-state index in [2.05, 4.69) is 28.7 Å². The Morgan fingerprint density at radius 3 is 2.00 bits per heavy atom. The van der Waals surface area contributed by atoms with Gasteiger partial charge < -0.3 is 9.80 Å². The first kappa shape index (κ1) is 11.9. The standard InChI is InChI=1S/C14H27N3/c1-3-16-6-8-17(9-7-16)14-10-12-4-5-13(11-14)15(12)2/h12-14H,3-11H2,1-2H3. The molecular weight excluding hydrogens is 210 g/mol. The fraction of sp³-hybridized carbons (Fsp3) is 1.00. The Kier molecular flexibility index (Phi) is 3.42. The van der Waals surface area contributed by atoms with Crippen LogP contribution in [-0.2, 0) is 0 Å². The van der Waals surface area contributed by atoms with Gasteiger partial charge in [-0.2, -0.15) is 0 Å². The third kappa shape index (κ3) is 2.25. The fourth-order valence-electron chi connectivity index (χ4n) is 4.13. The summed E-state index contributed by atoms with van der Waals surface area (Å²) in [6.45, 7) is 8.71. The minimum Gasteiger partial charge on any atom is -0.301 e. The van der Waals surface area contributed by atoms with E-state index >= 15 is 0 Å². The van der Waals surface area contributed by atoms with E-state index in [1.54, 1.807) is 0 Å². The molecule has 0 radical (unpaired) electrons. The van der Waals surface area contributed by atoms with Crippen LogP contribution < -0.4 is 0 Å². The van der Waals surface area contributed by atoms with Crippen molar-refractivity contribution in [2.75, 3.05) is 39.8 Å². The Hall–Kier alpha value is -0.120. The van der Waals surface area contributed by atoms with Crippen molar-refractivity contribution in [3.05, 3.63) is 0 Å². The molecule has 0 spiro atoms. The first-order valence-electron chi connectivity index (χ1n) is 7.46. The molecule has 3 nitrogen and oxygen atoms in total. The number of likely N-dealkylation sites (N-methyl/N-ethyl adjacent to an activating group) is 1.